The zero-order valence-electron chi connectivity index (χ0n) is 10.0. The first kappa shape index (κ1) is 10.8. The Morgan fingerprint density at radius 1 is 0.778 bits per heavy atom. The summed E-state index contributed by atoms with van der Waals surface area (Å²) in [5.41, 5.74) is 4.51. The van der Waals surface area contributed by atoms with E-state index in [1.165, 1.54) is 11.1 Å². The molecule has 0 unspecified atom stereocenters. The van der Waals surface area contributed by atoms with Crippen LogP contribution in [0, 0.1) is 0 Å². The third-order valence-corrected chi connectivity index (χ3v) is 2.99. The second-order valence-electron chi connectivity index (χ2n) is 4.20. The molecule has 0 spiro atoms. The average Bonchev–Trinajstić information content (AvgIpc) is 2.49. The van der Waals surface area contributed by atoms with Crippen molar-refractivity contribution in [2.45, 2.75) is 0 Å². The van der Waals surface area contributed by atoms with E-state index < -0.39 is 0 Å². The van der Waals surface area contributed by atoms with Crippen LogP contribution in [0.1, 0.15) is 11.1 Å². The maximum absolute atomic E-state index is 4.55. The highest BCUT2D eigenvalue weighted by molar-refractivity contribution is 6.04. The predicted molar refractivity (Wildman–Crippen MR) is 75.4 cm³/mol. The average molecular weight is 234 g/mol. The van der Waals surface area contributed by atoms with Crippen LogP contribution in [0.15, 0.2) is 71.9 Å². The Bertz CT molecular complexity index is 528. The summed E-state index contributed by atoms with van der Waals surface area (Å²) in [6.07, 6.45) is 1.90. The lowest BCUT2D eigenvalue weighted by molar-refractivity contribution is 1.01. The van der Waals surface area contributed by atoms with Gasteiger partial charge < -0.3 is 5.32 Å². The van der Waals surface area contributed by atoms with Crippen LogP contribution in [-0.2, 0) is 0 Å². The molecule has 1 aliphatic heterocycles. The monoisotopic (exact) mass is 234 g/mol. The molecule has 0 bridgehead atoms. The molecule has 1 N–H and O–H groups in total. The van der Waals surface area contributed by atoms with Crippen LogP contribution in [0.3, 0.4) is 0 Å². The van der Waals surface area contributed by atoms with Crippen molar-refractivity contribution < 1.29 is 0 Å². The number of hydrogen-bond donors (Lipinski definition) is 1. The molecule has 2 heteroatoms. The number of hydrogen-bond acceptors (Lipinski definition) is 2. The van der Waals surface area contributed by atoms with E-state index in [1.807, 2.05) is 42.6 Å². The smallest absolute Gasteiger partial charge is 0.0667 e. The number of nitrogens with zero attached hydrogens (tertiary/aromatic N) is 1. The van der Waals surface area contributed by atoms with E-state index in [4.69, 9.17) is 0 Å². The van der Waals surface area contributed by atoms with E-state index in [9.17, 15) is 0 Å². The van der Waals surface area contributed by atoms with E-state index in [0.29, 0.717) is 0 Å². The molecule has 2 aromatic rings. The first-order valence-electron chi connectivity index (χ1n) is 6.05. The molecule has 2 aromatic carbocycles. The van der Waals surface area contributed by atoms with Gasteiger partial charge in [0.25, 0.3) is 0 Å². The summed E-state index contributed by atoms with van der Waals surface area (Å²) in [5, 5.41) is 3.41. The molecule has 0 fully saturated rings. The zero-order valence-corrected chi connectivity index (χ0v) is 10.0. The van der Waals surface area contributed by atoms with Crippen molar-refractivity contribution in [2.24, 2.45) is 4.99 Å². The Morgan fingerprint density at radius 3 is 1.94 bits per heavy atom. The molecule has 88 valence electrons. The highest BCUT2D eigenvalue weighted by atomic mass is 15.0. The van der Waals surface area contributed by atoms with E-state index in [1.54, 1.807) is 0 Å². The fraction of sp³-hybridized carbons (Fsp3) is 0.0625. The van der Waals surface area contributed by atoms with Crippen molar-refractivity contribution in [1.82, 2.24) is 5.32 Å². The van der Waals surface area contributed by atoms with Crippen LogP contribution in [0.4, 0.5) is 0 Å². The van der Waals surface area contributed by atoms with Gasteiger partial charge in [0.1, 0.15) is 0 Å². The first-order valence-corrected chi connectivity index (χ1v) is 6.05. The van der Waals surface area contributed by atoms with Gasteiger partial charge in [-0.2, -0.15) is 0 Å². The highest BCUT2D eigenvalue weighted by Crippen LogP contribution is 2.14. The molecule has 18 heavy (non-hydrogen) atoms. The maximum atomic E-state index is 4.55. The molecule has 1 aliphatic rings. The van der Waals surface area contributed by atoms with Crippen LogP contribution >= 0.6 is 0 Å². The van der Waals surface area contributed by atoms with Crippen LogP contribution in [0.25, 0.3) is 5.70 Å². The van der Waals surface area contributed by atoms with Crippen molar-refractivity contribution in [3.05, 3.63) is 78.0 Å². The summed E-state index contributed by atoms with van der Waals surface area (Å²) in [6.45, 7) is 0.769. The Labute approximate surface area is 107 Å². The lowest BCUT2D eigenvalue weighted by Gasteiger charge is -2.16. The standard InChI is InChI=1S/C16H14N2/c1-3-7-13(8-4-1)15-11-18-16(12-17-15)14-9-5-2-6-10-14/h1-11,17H,12H2. The minimum absolute atomic E-state index is 0.769. The minimum atomic E-state index is 0.769. The van der Waals surface area contributed by atoms with Crippen LogP contribution < -0.4 is 5.32 Å². The quantitative estimate of drug-likeness (QED) is 0.848. The molecule has 0 aromatic heterocycles. The minimum Gasteiger partial charge on any atom is -0.378 e. The van der Waals surface area contributed by atoms with Gasteiger partial charge in [-0.15, -0.1) is 0 Å². The lowest BCUT2D eigenvalue weighted by atomic mass is 10.1. The summed E-state index contributed by atoms with van der Waals surface area (Å²) in [5.74, 6) is 0. The summed E-state index contributed by atoms with van der Waals surface area (Å²) >= 11 is 0. The van der Waals surface area contributed by atoms with E-state index >= 15 is 0 Å². The van der Waals surface area contributed by atoms with Gasteiger partial charge in [-0.05, 0) is 11.1 Å². The molecule has 1 heterocycles. The molecule has 3 rings (SSSR count). The summed E-state index contributed by atoms with van der Waals surface area (Å²) < 4.78 is 0. The van der Waals surface area contributed by atoms with Crippen LogP contribution in [0.5, 0.6) is 0 Å². The highest BCUT2D eigenvalue weighted by Gasteiger charge is 2.09. The maximum Gasteiger partial charge on any atom is 0.0667 e. The lowest BCUT2D eigenvalue weighted by Crippen LogP contribution is -2.25. The van der Waals surface area contributed by atoms with Crippen LogP contribution in [-0.4, -0.2) is 12.3 Å². The molecular formula is C16H14N2. The molecule has 0 saturated heterocycles. The summed E-state index contributed by atoms with van der Waals surface area (Å²) in [6, 6.07) is 20.5. The van der Waals surface area contributed by atoms with Gasteiger partial charge in [0.05, 0.1) is 24.2 Å². The molecule has 0 radical (unpaired) electrons. The van der Waals surface area contributed by atoms with E-state index in [0.717, 1.165) is 18.0 Å². The van der Waals surface area contributed by atoms with Crippen molar-refractivity contribution >= 4 is 11.4 Å². The molecule has 0 atom stereocenters. The number of nitrogens with one attached hydrogen (secondary N) is 1. The Hall–Kier alpha value is -2.35. The van der Waals surface area contributed by atoms with Crippen molar-refractivity contribution in [1.29, 1.82) is 0 Å². The Morgan fingerprint density at radius 2 is 1.39 bits per heavy atom. The molecule has 0 amide bonds. The Balaban J connectivity index is 1.88. The van der Waals surface area contributed by atoms with Gasteiger partial charge in [-0.1, -0.05) is 60.7 Å². The van der Waals surface area contributed by atoms with Crippen molar-refractivity contribution in [2.75, 3.05) is 6.54 Å². The fourth-order valence-electron chi connectivity index (χ4n) is 2.01. The third-order valence-electron chi connectivity index (χ3n) is 2.99. The van der Waals surface area contributed by atoms with E-state index in [-0.39, 0.29) is 0 Å². The SMILES string of the molecule is C1=C(c2ccccc2)NCC(c2ccccc2)=N1. The van der Waals surface area contributed by atoms with Gasteiger partial charge in [0.15, 0.2) is 0 Å². The fourth-order valence-corrected chi connectivity index (χ4v) is 2.01. The Kier molecular flexibility index (Phi) is 2.92. The van der Waals surface area contributed by atoms with Gasteiger partial charge >= 0.3 is 0 Å². The van der Waals surface area contributed by atoms with Crippen molar-refractivity contribution in [3.63, 3.8) is 0 Å². The molecule has 0 saturated carbocycles. The number of aliphatic imine (C=N–C) groups is 1. The summed E-state index contributed by atoms with van der Waals surface area (Å²) in [4.78, 5) is 4.55. The topological polar surface area (TPSA) is 24.4 Å². The first-order chi connectivity index (χ1) is 8.93. The normalized spacial score (nSPS) is 14.4. The predicted octanol–water partition coefficient (Wildman–Crippen LogP) is 3.08. The van der Waals surface area contributed by atoms with Gasteiger partial charge in [0, 0.05) is 0 Å². The van der Waals surface area contributed by atoms with Gasteiger partial charge in [0.2, 0.25) is 0 Å². The van der Waals surface area contributed by atoms with Crippen molar-refractivity contribution in [3.8, 4) is 0 Å². The molecule has 0 aliphatic carbocycles. The largest absolute Gasteiger partial charge is 0.378 e. The number of benzene rings is 2. The molecular weight excluding hydrogens is 220 g/mol. The number of rotatable bonds is 2. The third kappa shape index (κ3) is 2.18. The van der Waals surface area contributed by atoms with Crippen LogP contribution in [0.2, 0.25) is 0 Å². The second kappa shape index (κ2) is 4.88. The summed E-state index contributed by atoms with van der Waals surface area (Å²) in [7, 11) is 0. The van der Waals surface area contributed by atoms with E-state index in [2.05, 4.69) is 34.6 Å². The van der Waals surface area contributed by atoms with Gasteiger partial charge in [-0.3, -0.25) is 4.99 Å². The zero-order chi connectivity index (χ0) is 12.2. The second-order valence-corrected chi connectivity index (χ2v) is 4.20. The molecule has 2 nitrogen and oxygen atoms in total. The van der Waals surface area contributed by atoms with Gasteiger partial charge in [-0.25, -0.2) is 0 Å².